The second-order valence-corrected chi connectivity index (χ2v) is 5.79. The average Bonchev–Trinajstić information content (AvgIpc) is 3.02. The summed E-state index contributed by atoms with van der Waals surface area (Å²) in [4.78, 5) is 7.99. The Morgan fingerprint density at radius 2 is 1.80 bits per heavy atom. The molecular weight excluding hydrogens is 248 g/mol. The number of H-pyrrole nitrogens is 1. The zero-order chi connectivity index (χ0) is 14.3. The zero-order valence-electron chi connectivity index (χ0n) is 12.4. The van der Waals surface area contributed by atoms with E-state index in [1.165, 1.54) is 5.69 Å². The van der Waals surface area contributed by atoms with Crippen molar-refractivity contribution in [1.29, 1.82) is 0 Å². The molecule has 0 amide bonds. The lowest BCUT2D eigenvalue weighted by atomic mass is 10.1. The van der Waals surface area contributed by atoms with Crippen LogP contribution in [-0.4, -0.2) is 19.7 Å². The Labute approximate surface area is 118 Å². The van der Waals surface area contributed by atoms with Crippen LogP contribution in [0.2, 0.25) is 0 Å². The quantitative estimate of drug-likeness (QED) is 0.780. The van der Waals surface area contributed by atoms with Crippen molar-refractivity contribution >= 4 is 11.0 Å². The summed E-state index contributed by atoms with van der Waals surface area (Å²) in [5.41, 5.74) is 4.31. The van der Waals surface area contributed by atoms with Gasteiger partial charge in [0.1, 0.15) is 0 Å². The van der Waals surface area contributed by atoms with Crippen molar-refractivity contribution < 1.29 is 0 Å². The van der Waals surface area contributed by atoms with E-state index in [9.17, 15) is 0 Å². The van der Waals surface area contributed by atoms with Gasteiger partial charge in [0.15, 0.2) is 0 Å². The average molecular weight is 268 g/mol. The van der Waals surface area contributed by atoms with Crippen molar-refractivity contribution in [3.63, 3.8) is 0 Å². The standard InChI is InChI=1S/C16H20N4/c1-10(2)14-9-15(11(3)4)20(19-14)16-17-12-7-5-6-8-13(12)18-16/h5-11H,1-4H3,(H,17,18). The van der Waals surface area contributed by atoms with E-state index in [-0.39, 0.29) is 0 Å². The molecular formula is C16H20N4. The summed E-state index contributed by atoms with van der Waals surface area (Å²) in [6.45, 7) is 8.69. The second kappa shape index (κ2) is 4.78. The van der Waals surface area contributed by atoms with E-state index in [2.05, 4.69) is 43.7 Å². The molecule has 0 atom stereocenters. The van der Waals surface area contributed by atoms with Crippen molar-refractivity contribution in [3.05, 3.63) is 41.7 Å². The number of imidazole rings is 1. The number of nitrogens with one attached hydrogen (secondary N) is 1. The summed E-state index contributed by atoms with van der Waals surface area (Å²) in [7, 11) is 0. The van der Waals surface area contributed by atoms with E-state index in [1.54, 1.807) is 0 Å². The molecule has 0 unspecified atom stereocenters. The lowest BCUT2D eigenvalue weighted by Crippen LogP contribution is -2.05. The number of para-hydroxylation sites is 2. The van der Waals surface area contributed by atoms with Gasteiger partial charge in [-0.15, -0.1) is 0 Å². The molecule has 20 heavy (non-hydrogen) atoms. The van der Waals surface area contributed by atoms with Gasteiger partial charge in [0, 0.05) is 0 Å². The number of nitrogens with zero attached hydrogens (tertiary/aromatic N) is 3. The first-order valence-corrected chi connectivity index (χ1v) is 7.11. The van der Waals surface area contributed by atoms with Crippen LogP contribution in [0.1, 0.15) is 50.9 Å². The van der Waals surface area contributed by atoms with Crippen LogP contribution in [0.4, 0.5) is 0 Å². The van der Waals surface area contributed by atoms with Crippen LogP contribution in [-0.2, 0) is 0 Å². The maximum atomic E-state index is 4.72. The highest BCUT2D eigenvalue weighted by molar-refractivity contribution is 5.75. The molecule has 2 heterocycles. The molecule has 104 valence electrons. The van der Waals surface area contributed by atoms with Gasteiger partial charge in [-0.05, 0) is 30.0 Å². The van der Waals surface area contributed by atoms with Crippen molar-refractivity contribution in [3.8, 4) is 5.95 Å². The fourth-order valence-electron chi connectivity index (χ4n) is 2.32. The topological polar surface area (TPSA) is 46.5 Å². The number of benzene rings is 1. The van der Waals surface area contributed by atoms with E-state index in [1.807, 2.05) is 28.9 Å². The van der Waals surface area contributed by atoms with Gasteiger partial charge in [0.05, 0.1) is 22.4 Å². The van der Waals surface area contributed by atoms with Crippen LogP contribution >= 0.6 is 0 Å². The van der Waals surface area contributed by atoms with Gasteiger partial charge in [-0.25, -0.2) is 9.67 Å². The number of rotatable bonds is 3. The third-order valence-corrected chi connectivity index (χ3v) is 3.52. The molecule has 0 aliphatic heterocycles. The first kappa shape index (κ1) is 12.9. The van der Waals surface area contributed by atoms with Crippen molar-refractivity contribution in [1.82, 2.24) is 19.7 Å². The number of hydrogen-bond acceptors (Lipinski definition) is 2. The van der Waals surface area contributed by atoms with Crippen LogP contribution in [0.15, 0.2) is 30.3 Å². The monoisotopic (exact) mass is 268 g/mol. The number of aromatic nitrogens is 4. The largest absolute Gasteiger partial charge is 0.322 e. The molecule has 0 fully saturated rings. The molecule has 3 aromatic rings. The molecule has 1 aromatic carbocycles. The van der Waals surface area contributed by atoms with Gasteiger partial charge < -0.3 is 4.98 Å². The van der Waals surface area contributed by atoms with E-state index in [0.717, 1.165) is 22.7 Å². The summed E-state index contributed by atoms with van der Waals surface area (Å²) in [6.07, 6.45) is 0. The molecule has 0 radical (unpaired) electrons. The van der Waals surface area contributed by atoms with E-state index >= 15 is 0 Å². The van der Waals surface area contributed by atoms with E-state index in [0.29, 0.717) is 11.8 Å². The zero-order valence-corrected chi connectivity index (χ0v) is 12.4. The predicted molar refractivity (Wildman–Crippen MR) is 81.4 cm³/mol. The second-order valence-electron chi connectivity index (χ2n) is 5.79. The molecule has 4 heteroatoms. The van der Waals surface area contributed by atoms with E-state index in [4.69, 9.17) is 5.10 Å². The highest BCUT2D eigenvalue weighted by Gasteiger charge is 2.16. The minimum Gasteiger partial charge on any atom is -0.322 e. The fourth-order valence-corrected chi connectivity index (χ4v) is 2.32. The van der Waals surface area contributed by atoms with Gasteiger partial charge in [0.25, 0.3) is 0 Å². The highest BCUT2D eigenvalue weighted by atomic mass is 15.4. The van der Waals surface area contributed by atoms with Crippen molar-refractivity contribution in [2.75, 3.05) is 0 Å². The van der Waals surface area contributed by atoms with Crippen LogP contribution < -0.4 is 0 Å². The van der Waals surface area contributed by atoms with Crippen molar-refractivity contribution in [2.24, 2.45) is 0 Å². The first-order valence-electron chi connectivity index (χ1n) is 7.11. The van der Waals surface area contributed by atoms with Crippen LogP contribution in [0.5, 0.6) is 0 Å². The third kappa shape index (κ3) is 2.11. The van der Waals surface area contributed by atoms with Crippen LogP contribution in [0.25, 0.3) is 17.0 Å². The molecule has 0 bridgehead atoms. The number of fused-ring (bicyclic) bond motifs is 1. The summed E-state index contributed by atoms with van der Waals surface area (Å²) in [5.74, 6) is 1.61. The SMILES string of the molecule is CC(C)c1cc(C(C)C)n(-c2nc3ccccc3[nH]2)n1. The first-order chi connectivity index (χ1) is 9.56. The maximum Gasteiger partial charge on any atom is 0.229 e. The highest BCUT2D eigenvalue weighted by Crippen LogP contribution is 2.24. The fraction of sp³-hybridized carbons (Fsp3) is 0.375. The molecule has 0 saturated heterocycles. The lowest BCUT2D eigenvalue weighted by Gasteiger charge is -2.06. The minimum atomic E-state index is 0.406. The normalized spacial score (nSPS) is 11.9. The Morgan fingerprint density at radius 1 is 1.05 bits per heavy atom. The summed E-state index contributed by atoms with van der Waals surface area (Å²) in [6, 6.07) is 10.2. The molecule has 3 rings (SSSR count). The lowest BCUT2D eigenvalue weighted by molar-refractivity contribution is 0.694. The Hall–Kier alpha value is -2.10. The van der Waals surface area contributed by atoms with Gasteiger partial charge in [-0.2, -0.15) is 5.10 Å². The van der Waals surface area contributed by atoms with Crippen molar-refractivity contribution in [2.45, 2.75) is 39.5 Å². The predicted octanol–water partition coefficient (Wildman–Crippen LogP) is 4.00. The molecule has 0 aliphatic carbocycles. The number of hydrogen-bond donors (Lipinski definition) is 1. The summed E-state index contributed by atoms with van der Waals surface area (Å²) < 4.78 is 1.94. The maximum absolute atomic E-state index is 4.72. The smallest absolute Gasteiger partial charge is 0.229 e. The van der Waals surface area contributed by atoms with Gasteiger partial charge in [0.2, 0.25) is 5.95 Å². The Balaban J connectivity index is 2.16. The molecule has 1 N–H and O–H groups in total. The Morgan fingerprint density at radius 3 is 2.45 bits per heavy atom. The number of aromatic amines is 1. The van der Waals surface area contributed by atoms with Gasteiger partial charge in [-0.3, -0.25) is 0 Å². The van der Waals surface area contributed by atoms with Gasteiger partial charge >= 0.3 is 0 Å². The van der Waals surface area contributed by atoms with Crippen LogP contribution in [0, 0.1) is 0 Å². The summed E-state index contributed by atoms with van der Waals surface area (Å²) >= 11 is 0. The minimum absolute atomic E-state index is 0.406. The molecule has 2 aromatic heterocycles. The van der Waals surface area contributed by atoms with Gasteiger partial charge in [-0.1, -0.05) is 39.8 Å². The summed E-state index contributed by atoms with van der Waals surface area (Å²) in [5, 5.41) is 4.72. The molecule has 4 nitrogen and oxygen atoms in total. The Bertz CT molecular complexity index is 701. The van der Waals surface area contributed by atoms with Crippen LogP contribution in [0.3, 0.4) is 0 Å². The molecule has 0 aliphatic rings. The van der Waals surface area contributed by atoms with E-state index < -0.39 is 0 Å². The molecule has 0 saturated carbocycles. The molecule has 0 spiro atoms. The Kier molecular flexibility index (Phi) is 3.08. The third-order valence-electron chi connectivity index (χ3n) is 3.52.